The molecule has 2 aromatic carbocycles. The van der Waals surface area contributed by atoms with Crippen LogP contribution < -0.4 is 20.4 Å². The van der Waals surface area contributed by atoms with Crippen LogP contribution in [-0.2, 0) is 31.4 Å². The van der Waals surface area contributed by atoms with Crippen LogP contribution in [0.3, 0.4) is 0 Å². The van der Waals surface area contributed by atoms with Crippen molar-refractivity contribution in [3.63, 3.8) is 0 Å². The molecule has 0 aliphatic heterocycles. The van der Waals surface area contributed by atoms with Gasteiger partial charge in [-0.3, -0.25) is 0 Å². The quantitative estimate of drug-likeness (QED) is 0.117. The molecule has 8 aliphatic carbocycles. The number of para-hydroxylation sites is 1. The van der Waals surface area contributed by atoms with Crippen molar-refractivity contribution in [3.05, 3.63) is 36.4 Å². The Balaban J connectivity index is 1.37. The molecule has 272 valence electrons. The van der Waals surface area contributed by atoms with Crippen LogP contribution in [0.4, 0.5) is 5.69 Å². The zero-order valence-corrected chi connectivity index (χ0v) is 34.2. The summed E-state index contributed by atoms with van der Waals surface area (Å²) in [5.74, 6) is 5.43. The molecular weight excluding hydrogens is 755 g/mol. The first-order valence-electron chi connectivity index (χ1n) is 19.6. The summed E-state index contributed by atoms with van der Waals surface area (Å²) in [6.07, 6.45) is 26.1. The van der Waals surface area contributed by atoms with E-state index in [1.807, 2.05) is 12.1 Å². The van der Waals surface area contributed by atoms with E-state index in [0.29, 0.717) is 10.3 Å². The molecule has 8 bridgehead atoms. The molecule has 2 unspecified atom stereocenters. The molecule has 0 saturated heterocycles. The molecular formula is C41H59NO3P2PdS. The van der Waals surface area contributed by atoms with Gasteiger partial charge in [-0.1, -0.05) is 0 Å². The van der Waals surface area contributed by atoms with Crippen LogP contribution in [0, 0.1) is 35.5 Å². The van der Waals surface area contributed by atoms with E-state index >= 15 is 0 Å². The second-order valence-electron chi connectivity index (χ2n) is 17.5. The monoisotopic (exact) mass is 813 g/mol. The average Bonchev–Trinajstić information content (AvgIpc) is 3.03. The third-order valence-electron chi connectivity index (χ3n) is 13.7. The molecule has 2 N–H and O–H groups in total. The van der Waals surface area contributed by atoms with E-state index in [4.69, 9.17) is 8.64 Å². The predicted molar refractivity (Wildman–Crippen MR) is 206 cm³/mol. The Morgan fingerprint density at radius 2 is 1.18 bits per heavy atom. The van der Waals surface area contributed by atoms with Gasteiger partial charge in [0, 0.05) is 0 Å². The van der Waals surface area contributed by atoms with Gasteiger partial charge >= 0.3 is 310 Å². The summed E-state index contributed by atoms with van der Waals surface area (Å²) in [6, 6.07) is 13.3. The third kappa shape index (κ3) is 6.94. The van der Waals surface area contributed by atoms with Crippen LogP contribution in [0.5, 0.6) is 0 Å². The maximum atomic E-state index is 12.9. The first-order chi connectivity index (χ1) is 23.6. The van der Waals surface area contributed by atoms with Gasteiger partial charge in [0.15, 0.2) is 0 Å². The molecule has 8 aliphatic rings. The fraction of sp³-hybridized carbons (Fsp3) is 0.707. The summed E-state index contributed by atoms with van der Waals surface area (Å²) in [6.45, 7) is 4.75. The van der Waals surface area contributed by atoms with Crippen LogP contribution >= 0.6 is 15.8 Å². The standard InChI is InChI=1S/C40H56NP2.CH4O3S.Pd/c1-3-5-13-42(39-22-28-15-29(23-39)17-30(16-28)24-39)37-12-11-34(35-9-7-8-10-36(35)41)21-38(37)43(14-6-4-2)40-25-31-18-32(26-40)20-33(19-31)27-40;1-5(2,3)4;/h7-12,28-33H,3-6,13-20,22-27,41H2,1-2H3;1H3,(H,2,3,4);/q;;+1/p-1. The number of unbranched alkanes of at least 4 members (excludes halogenated alkanes) is 2. The van der Waals surface area contributed by atoms with E-state index < -0.39 is 44.3 Å². The number of hydrogen-bond donors (Lipinski definition) is 1. The summed E-state index contributed by atoms with van der Waals surface area (Å²) < 4.78 is 32.9. The van der Waals surface area contributed by atoms with Gasteiger partial charge in [-0.2, -0.15) is 0 Å². The zero-order valence-electron chi connectivity index (χ0n) is 30.1. The van der Waals surface area contributed by atoms with Gasteiger partial charge in [0.2, 0.25) is 0 Å². The van der Waals surface area contributed by atoms with Gasteiger partial charge in [-0.05, 0) is 0 Å². The summed E-state index contributed by atoms with van der Waals surface area (Å²) in [4.78, 5) is 0. The molecule has 8 saturated carbocycles. The molecule has 0 heterocycles. The molecule has 4 nitrogen and oxygen atoms in total. The third-order valence-corrected chi connectivity index (χ3v) is 24.2. The number of benzene rings is 2. The predicted octanol–water partition coefficient (Wildman–Crippen LogP) is 9.29. The molecule has 0 aromatic heterocycles. The van der Waals surface area contributed by atoms with E-state index in [0.717, 1.165) is 52.3 Å². The van der Waals surface area contributed by atoms with Crippen LogP contribution in [-0.4, -0.2) is 37.3 Å². The Bertz CT molecular complexity index is 1570. The van der Waals surface area contributed by atoms with Crippen molar-refractivity contribution >= 4 is 46.3 Å². The number of rotatable bonds is 14. The van der Waals surface area contributed by atoms with Crippen molar-refractivity contribution in [2.75, 3.05) is 24.3 Å². The van der Waals surface area contributed by atoms with E-state index in [1.165, 1.54) is 125 Å². The van der Waals surface area contributed by atoms with Crippen molar-refractivity contribution in [2.45, 2.75) is 127 Å². The first-order valence-corrected chi connectivity index (χ1v) is 25.9. The van der Waals surface area contributed by atoms with Gasteiger partial charge in [0.1, 0.15) is 0 Å². The molecule has 0 amide bonds. The number of hydrogen-bond acceptors (Lipinski definition) is 4. The van der Waals surface area contributed by atoms with Crippen LogP contribution in [0.15, 0.2) is 36.4 Å². The fourth-order valence-corrected chi connectivity index (χ4v) is 24.3. The van der Waals surface area contributed by atoms with Crippen LogP contribution in [0.2, 0.25) is 0 Å². The number of nitrogens with two attached hydrogens (primary N) is 1. The van der Waals surface area contributed by atoms with Crippen molar-refractivity contribution in [3.8, 4) is 11.1 Å². The minimum absolute atomic E-state index is 0.385. The zero-order chi connectivity index (χ0) is 34.0. The van der Waals surface area contributed by atoms with Crippen molar-refractivity contribution in [1.82, 2.24) is 0 Å². The summed E-state index contributed by atoms with van der Waals surface area (Å²) in [5.41, 5.74) is 9.74. The van der Waals surface area contributed by atoms with Crippen LogP contribution in [0.1, 0.15) is 117 Å². The van der Waals surface area contributed by atoms with E-state index in [2.05, 4.69) is 38.1 Å². The number of nitrogen functional groups attached to an aromatic ring is 1. The van der Waals surface area contributed by atoms with Gasteiger partial charge < -0.3 is 0 Å². The summed E-state index contributed by atoms with van der Waals surface area (Å²) in [7, 11) is -4.53. The molecule has 10 rings (SSSR count). The summed E-state index contributed by atoms with van der Waals surface area (Å²) >= 11 is -0.498. The Labute approximate surface area is 308 Å². The first kappa shape index (κ1) is 35.7. The molecule has 2 atom stereocenters. The molecule has 8 heteroatoms. The molecule has 8 fully saturated rings. The second kappa shape index (κ2) is 14.1. The van der Waals surface area contributed by atoms with E-state index in [-0.39, 0.29) is 0 Å². The van der Waals surface area contributed by atoms with Crippen molar-refractivity contribution in [1.29, 1.82) is 0 Å². The van der Waals surface area contributed by atoms with Gasteiger partial charge in [0.25, 0.3) is 0 Å². The van der Waals surface area contributed by atoms with Gasteiger partial charge in [-0.25, -0.2) is 0 Å². The van der Waals surface area contributed by atoms with Gasteiger partial charge in [-0.15, -0.1) is 0 Å². The van der Waals surface area contributed by atoms with Crippen molar-refractivity contribution < 1.29 is 29.7 Å². The van der Waals surface area contributed by atoms with Gasteiger partial charge in [0.05, 0.1) is 0 Å². The molecule has 0 radical (unpaired) electrons. The average molecular weight is 814 g/mol. The summed E-state index contributed by atoms with van der Waals surface area (Å²) in [5, 5.41) is 4.15. The Hall–Kier alpha value is -0.328. The topological polar surface area (TPSA) is 69.4 Å². The van der Waals surface area contributed by atoms with Crippen molar-refractivity contribution in [2.24, 2.45) is 35.5 Å². The Morgan fingerprint density at radius 1 is 0.714 bits per heavy atom. The Kier molecular flexibility index (Phi) is 10.3. The number of anilines is 1. The fourth-order valence-electron chi connectivity index (χ4n) is 12.7. The second-order valence-corrected chi connectivity index (χ2v) is 26.3. The van der Waals surface area contributed by atoms with E-state index in [1.54, 1.807) is 10.6 Å². The van der Waals surface area contributed by atoms with Crippen LogP contribution in [0.25, 0.3) is 11.1 Å². The maximum absolute atomic E-state index is 12.9. The SMILES string of the molecule is CCCCP(c1ccc(-c2ccccc2N)[c]([Pd][O]S(C)(=O)=O)c1P(CCCC)C12CC3CC(CC(C3)C1)C2)C12CC3CC(CC(C3)C1)C2. The molecule has 0 spiro atoms. The molecule has 49 heavy (non-hydrogen) atoms. The Morgan fingerprint density at radius 3 is 1.65 bits per heavy atom. The minimum atomic E-state index is -3.62. The van der Waals surface area contributed by atoms with E-state index in [9.17, 15) is 8.42 Å². The molecule has 2 aromatic rings. The normalized spacial score (nSPS) is 35.7.